The Labute approximate surface area is 109 Å². The number of fused-ring (bicyclic) bond motifs is 2. The lowest BCUT2D eigenvalue weighted by molar-refractivity contribution is 0.588. The highest BCUT2D eigenvalue weighted by atomic mass is 15.0. The third kappa shape index (κ3) is 1.98. The van der Waals surface area contributed by atoms with E-state index in [1.165, 1.54) is 28.8 Å². The maximum atomic E-state index is 2.44. The topological polar surface area (TPSA) is 4.93 Å². The van der Waals surface area contributed by atoms with Gasteiger partial charge in [-0.1, -0.05) is 45.0 Å². The second-order valence-corrected chi connectivity index (χ2v) is 6.37. The number of hydrogen-bond donors (Lipinski definition) is 0. The first-order valence-corrected chi connectivity index (χ1v) is 6.80. The van der Waals surface area contributed by atoms with Crippen LogP contribution in [0.2, 0.25) is 0 Å². The molecule has 2 heterocycles. The first-order chi connectivity index (χ1) is 8.54. The summed E-state index contributed by atoms with van der Waals surface area (Å²) in [5, 5.41) is 0. The van der Waals surface area contributed by atoms with Crippen LogP contribution in [0.25, 0.3) is 0 Å². The lowest BCUT2D eigenvalue weighted by atomic mass is 9.89. The maximum Gasteiger partial charge on any atom is 0.0475 e. The van der Waals surface area contributed by atoms with Gasteiger partial charge >= 0.3 is 0 Å². The summed E-state index contributed by atoms with van der Waals surface area (Å²) in [6, 6.07) is 11.2. The first kappa shape index (κ1) is 11.6. The highest BCUT2D eigenvalue weighted by molar-refractivity contribution is 5.34. The molecule has 18 heavy (non-hydrogen) atoms. The molecule has 0 unspecified atom stereocenters. The summed E-state index contributed by atoms with van der Waals surface area (Å²) in [6.45, 7) is 7.89. The van der Waals surface area contributed by atoms with Crippen LogP contribution >= 0.6 is 0 Å². The van der Waals surface area contributed by atoms with E-state index >= 15 is 0 Å². The van der Waals surface area contributed by atoms with Crippen LogP contribution in [0, 0.1) is 0 Å². The number of nitrogens with zero attached hydrogens (tertiary/aromatic N) is 1. The van der Waals surface area contributed by atoms with Crippen LogP contribution in [-0.2, 0) is 24.8 Å². The second-order valence-electron chi connectivity index (χ2n) is 6.37. The van der Waals surface area contributed by atoms with Gasteiger partial charge in [-0.3, -0.25) is 0 Å². The normalized spacial score (nSPS) is 14.8. The molecule has 0 aliphatic carbocycles. The van der Waals surface area contributed by atoms with Gasteiger partial charge in [0.25, 0.3) is 0 Å². The van der Waals surface area contributed by atoms with Crippen molar-refractivity contribution in [2.45, 2.75) is 45.6 Å². The Bertz CT molecular complexity index is 570. The first-order valence-electron chi connectivity index (χ1n) is 6.80. The summed E-state index contributed by atoms with van der Waals surface area (Å²) >= 11 is 0. The Morgan fingerprint density at radius 3 is 2.44 bits per heavy atom. The third-order valence-electron chi connectivity index (χ3n) is 3.96. The van der Waals surface area contributed by atoms with Gasteiger partial charge in [0.1, 0.15) is 0 Å². The summed E-state index contributed by atoms with van der Waals surface area (Å²) < 4.78 is 2.44. The van der Waals surface area contributed by atoms with Crippen LogP contribution in [0.15, 0.2) is 36.5 Å². The molecule has 0 fully saturated rings. The van der Waals surface area contributed by atoms with Crippen molar-refractivity contribution in [3.63, 3.8) is 0 Å². The van der Waals surface area contributed by atoms with Crippen molar-refractivity contribution >= 4 is 0 Å². The minimum Gasteiger partial charge on any atom is -0.347 e. The fraction of sp³-hybridized carbons (Fsp3) is 0.412. The summed E-state index contributed by atoms with van der Waals surface area (Å²) in [5.41, 5.74) is 6.18. The Morgan fingerprint density at radius 1 is 1.00 bits per heavy atom. The van der Waals surface area contributed by atoms with Crippen LogP contribution in [0.4, 0.5) is 0 Å². The molecule has 0 saturated carbocycles. The molecule has 2 aromatic rings. The molecule has 94 valence electrons. The van der Waals surface area contributed by atoms with Crippen LogP contribution in [-0.4, -0.2) is 4.57 Å². The van der Waals surface area contributed by atoms with Crippen molar-refractivity contribution in [1.82, 2.24) is 4.57 Å². The average molecular weight is 239 g/mol. The monoisotopic (exact) mass is 239 g/mol. The number of benzene rings is 1. The quantitative estimate of drug-likeness (QED) is 0.656. The Kier molecular flexibility index (Phi) is 2.58. The Balaban J connectivity index is 2.02. The molecule has 1 aromatic heterocycles. The van der Waals surface area contributed by atoms with Gasteiger partial charge in [0.05, 0.1) is 0 Å². The SMILES string of the molecule is CC(C)(C)c1cc2n(c1)Cc1ccccc1CC2. The largest absolute Gasteiger partial charge is 0.347 e. The van der Waals surface area contributed by atoms with E-state index in [4.69, 9.17) is 0 Å². The molecule has 0 amide bonds. The maximum absolute atomic E-state index is 2.44. The van der Waals surface area contributed by atoms with E-state index in [-0.39, 0.29) is 5.41 Å². The minimum atomic E-state index is 0.249. The van der Waals surface area contributed by atoms with Crippen LogP contribution in [0.3, 0.4) is 0 Å². The van der Waals surface area contributed by atoms with Gasteiger partial charge < -0.3 is 4.57 Å². The van der Waals surface area contributed by atoms with Crippen molar-refractivity contribution in [3.8, 4) is 0 Å². The highest BCUT2D eigenvalue weighted by Crippen LogP contribution is 2.28. The average Bonchev–Trinajstić information content (AvgIpc) is 2.64. The molecule has 0 bridgehead atoms. The lowest BCUT2D eigenvalue weighted by Crippen LogP contribution is -2.09. The van der Waals surface area contributed by atoms with E-state index in [0.717, 1.165) is 13.0 Å². The summed E-state index contributed by atoms with van der Waals surface area (Å²) in [4.78, 5) is 0. The van der Waals surface area contributed by atoms with Crippen molar-refractivity contribution in [2.24, 2.45) is 0 Å². The van der Waals surface area contributed by atoms with Crippen LogP contribution in [0.1, 0.15) is 43.2 Å². The van der Waals surface area contributed by atoms with E-state index in [9.17, 15) is 0 Å². The molecule has 1 nitrogen and oxygen atoms in total. The highest BCUT2D eigenvalue weighted by Gasteiger charge is 2.19. The molecule has 1 aliphatic rings. The zero-order chi connectivity index (χ0) is 12.8. The van der Waals surface area contributed by atoms with E-state index in [1.807, 2.05) is 0 Å². The smallest absolute Gasteiger partial charge is 0.0475 e. The standard InChI is InChI=1S/C17H21N/c1-17(2,3)15-10-16-9-8-13-6-4-5-7-14(13)11-18(16)12-15/h4-7,10,12H,8-9,11H2,1-3H3. The fourth-order valence-corrected chi connectivity index (χ4v) is 2.73. The van der Waals surface area contributed by atoms with Gasteiger partial charge in [0.2, 0.25) is 0 Å². The van der Waals surface area contributed by atoms with E-state index < -0.39 is 0 Å². The van der Waals surface area contributed by atoms with E-state index in [0.29, 0.717) is 0 Å². The lowest BCUT2D eigenvalue weighted by Gasteiger charge is -2.16. The van der Waals surface area contributed by atoms with Crippen LogP contribution < -0.4 is 0 Å². The number of aromatic nitrogens is 1. The minimum absolute atomic E-state index is 0.249. The number of rotatable bonds is 0. The molecule has 0 radical (unpaired) electrons. The Morgan fingerprint density at radius 2 is 1.72 bits per heavy atom. The predicted molar refractivity (Wildman–Crippen MR) is 76.1 cm³/mol. The van der Waals surface area contributed by atoms with Crippen molar-refractivity contribution in [1.29, 1.82) is 0 Å². The molecule has 1 aromatic carbocycles. The molecule has 0 spiro atoms. The van der Waals surface area contributed by atoms with Gasteiger partial charge in [-0.05, 0) is 41.0 Å². The van der Waals surface area contributed by atoms with Gasteiger partial charge in [-0.2, -0.15) is 0 Å². The molecule has 1 heteroatoms. The second kappa shape index (κ2) is 4.01. The summed E-state index contributed by atoms with van der Waals surface area (Å²) in [5.74, 6) is 0. The number of hydrogen-bond acceptors (Lipinski definition) is 0. The third-order valence-corrected chi connectivity index (χ3v) is 3.96. The van der Waals surface area contributed by atoms with E-state index in [2.05, 4.69) is 61.9 Å². The zero-order valence-electron chi connectivity index (χ0n) is 11.5. The molecular formula is C17H21N. The Hall–Kier alpha value is -1.50. The zero-order valence-corrected chi connectivity index (χ0v) is 11.5. The van der Waals surface area contributed by atoms with Crippen molar-refractivity contribution < 1.29 is 0 Å². The molecular weight excluding hydrogens is 218 g/mol. The van der Waals surface area contributed by atoms with Crippen molar-refractivity contribution in [2.75, 3.05) is 0 Å². The van der Waals surface area contributed by atoms with Gasteiger partial charge in [0.15, 0.2) is 0 Å². The number of aryl methyl sites for hydroxylation is 2. The summed E-state index contributed by atoms with van der Waals surface area (Å²) in [7, 11) is 0. The predicted octanol–water partition coefficient (Wildman–Crippen LogP) is 3.93. The van der Waals surface area contributed by atoms with Gasteiger partial charge in [-0.15, -0.1) is 0 Å². The molecule has 0 saturated heterocycles. The fourth-order valence-electron chi connectivity index (χ4n) is 2.73. The van der Waals surface area contributed by atoms with Gasteiger partial charge in [0, 0.05) is 18.4 Å². The molecule has 0 N–H and O–H groups in total. The molecule has 1 aliphatic heterocycles. The van der Waals surface area contributed by atoms with Gasteiger partial charge in [-0.25, -0.2) is 0 Å². The van der Waals surface area contributed by atoms with Crippen molar-refractivity contribution in [3.05, 3.63) is 58.9 Å². The molecule has 0 atom stereocenters. The van der Waals surface area contributed by atoms with E-state index in [1.54, 1.807) is 0 Å². The summed E-state index contributed by atoms with van der Waals surface area (Å²) in [6.07, 6.45) is 4.67. The molecule has 3 rings (SSSR count). The van der Waals surface area contributed by atoms with Crippen LogP contribution in [0.5, 0.6) is 0 Å².